The van der Waals surface area contributed by atoms with E-state index in [4.69, 9.17) is 0 Å². The summed E-state index contributed by atoms with van der Waals surface area (Å²) in [5.41, 5.74) is 8.45. The van der Waals surface area contributed by atoms with Gasteiger partial charge in [0.15, 0.2) is 8.07 Å². The van der Waals surface area contributed by atoms with Crippen LogP contribution < -0.4 is 20.7 Å². The van der Waals surface area contributed by atoms with Gasteiger partial charge in [0.1, 0.15) is 0 Å². The van der Waals surface area contributed by atoms with Gasteiger partial charge in [-0.25, -0.2) is 0 Å². The standard InChI is InChI=1S/C26H18I2Si/c1-15-3-7-19-21-9-5-17(27)13-25(21)29(23(19)11-15)24-12-16(2)4-8-20(24)22-10-6-18(28)14-26(22)29/h3-14H,1-2H3. The van der Waals surface area contributed by atoms with Gasteiger partial charge in [-0.2, -0.15) is 0 Å². The molecule has 0 unspecified atom stereocenters. The molecule has 140 valence electrons. The molecule has 0 aromatic heterocycles. The molecule has 0 saturated carbocycles. The number of benzene rings is 4. The van der Waals surface area contributed by atoms with Crippen molar-refractivity contribution in [2.45, 2.75) is 13.8 Å². The lowest BCUT2D eigenvalue weighted by molar-refractivity contribution is 1.49. The van der Waals surface area contributed by atoms with Gasteiger partial charge in [-0.3, -0.25) is 0 Å². The van der Waals surface area contributed by atoms with Gasteiger partial charge in [-0.05, 0) is 126 Å². The van der Waals surface area contributed by atoms with E-state index in [1.165, 1.54) is 40.5 Å². The van der Waals surface area contributed by atoms with Gasteiger partial charge in [0.2, 0.25) is 0 Å². The van der Waals surface area contributed by atoms with Crippen molar-refractivity contribution < 1.29 is 0 Å². The van der Waals surface area contributed by atoms with Crippen molar-refractivity contribution in [3.05, 3.63) is 91.1 Å². The van der Waals surface area contributed by atoms with Crippen molar-refractivity contribution in [2.75, 3.05) is 0 Å². The number of rotatable bonds is 0. The Kier molecular flexibility index (Phi) is 3.97. The van der Waals surface area contributed by atoms with Crippen LogP contribution >= 0.6 is 45.2 Å². The van der Waals surface area contributed by atoms with Crippen LogP contribution in [0.15, 0.2) is 72.8 Å². The Morgan fingerprint density at radius 1 is 0.483 bits per heavy atom. The fourth-order valence-electron chi connectivity index (χ4n) is 5.40. The SMILES string of the molecule is Cc1ccc2c(c1)[Si]1(c3cc(C)ccc3-c3ccc(I)cc31)c1cc(I)ccc1-2. The van der Waals surface area contributed by atoms with E-state index in [0.29, 0.717) is 0 Å². The first-order chi connectivity index (χ1) is 14.0. The first-order valence-electron chi connectivity index (χ1n) is 9.83. The molecule has 0 radical (unpaired) electrons. The second-order valence-electron chi connectivity index (χ2n) is 8.23. The first-order valence-corrected chi connectivity index (χ1v) is 14.0. The highest BCUT2D eigenvalue weighted by Gasteiger charge is 2.54. The molecule has 0 nitrogen and oxygen atoms in total. The molecule has 0 N–H and O–H groups in total. The van der Waals surface area contributed by atoms with Crippen LogP contribution in [0.25, 0.3) is 22.3 Å². The lowest BCUT2D eigenvalue weighted by Crippen LogP contribution is -2.71. The molecule has 0 aliphatic carbocycles. The number of halogens is 2. The van der Waals surface area contributed by atoms with Crippen LogP contribution in [-0.4, -0.2) is 8.07 Å². The predicted octanol–water partition coefficient (Wildman–Crippen LogP) is 4.85. The largest absolute Gasteiger partial charge is 0.182 e. The zero-order chi connectivity index (χ0) is 19.9. The fourth-order valence-corrected chi connectivity index (χ4v) is 12.8. The average Bonchev–Trinajstić information content (AvgIpc) is 3.13. The summed E-state index contributed by atoms with van der Waals surface area (Å²) >= 11 is 4.96. The van der Waals surface area contributed by atoms with Gasteiger partial charge in [0.25, 0.3) is 0 Å². The summed E-state index contributed by atoms with van der Waals surface area (Å²) in [5.74, 6) is 0. The first kappa shape index (κ1) is 18.3. The topological polar surface area (TPSA) is 0 Å². The van der Waals surface area contributed by atoms with Crippen LogP contribution in [0.1, 0.15) is 11.1 Å². The predicted molar refractivity (Wildman–Crippen MR) is 143 cm³/mol. The molecule has 0 saturated heterocycles. The van der Waals surface area contributed by atoms with Crippen molar-refractivity contribution in [1.82, 2.24) is 0 Å². The Labute approximate surface area is 199 Å². The van der Waals surface area contributed by atoms with Crippen molar-refractivity contribution in [3.63, 3.8) is 0 Å². The van der Waals surface area contributed by atoms with E-state index in [9.17, 15) is 0 Å². The van der Waals surface area contributed by atoms with Gasteiger partial charge in [0, 0.05) is 7.14 Å². The highest BCUT2D eigenvalue weighted by molar-refractivity contribution is 14.1. The monoisotopic (exact) mass is 612 g/mol. The molecule has 1 spiro atoms. The molecule has 29 heavy (non-hydrogen) atoms. The summed E-state index contributed by atoms with van der Waals surface area (Å²) in [7, 11) is -2.29. The molecular weight excluding hydrogens is 594 g/mol. The summed E-state index contributed by atoms with van der Waals surface area (Å²) in [5, 5.41) is 6.28. The third kappa shape index (κ3) is 2.35. The van der Waals surface area contributed by atoms with E-state index in [1.54, 1.807) is 20.7 Å². The maximum absolute atomic E-state index is 2.48. The van der Waals surface area contributed by atoms with Gasteiger partial charge >= 0.3 is 0 Å². The third-order valence-electron chi connectivity index (χ3n) is 6.51. The second kappa shape index (κ2) is 6.28. The van der Waals surface area contributed by atoms with Crippen LogP contribution in [0, 0.1) is 21.0 Å². The number of aryl methyl sites for hydroxylation is 2. The molecule has 0 fully saturated rings. The van der Waals surface area contributed by atoms with E-state index in [0.717, 1.165) is 0 Å². The van der Waals surface area contributed by atoms with Crippen LogP contribution in [0.2, 0.25) is 0 Å². The number of hydrogen-bond acceptors (Lipinski definition) is 0. The molecule has 4 aromatic carbocycles. The zero-order valence-electron chi connectivity index (χ0n) is 16.2. The van der Waals surface area contributed by atoms with E-state index >= 15 is 0 Å². The Morgan fingerprint density at radius 3 is 1.24 bits per heavy atom. The van der Waals surface area contributed by atoms with E-state index < -0.39 is 8.07 Å². The quantitative estimate of drug-likeness (QED) is 0.170. The van der Waals surface area contributed by atoms with Crippen molar-refractivity contribution in [1.29, 1.82) is 0 Å². The molecule has 4 aromatic rings. The highest BCUT2D eigenvalue weighted by atomic mass is 127. The lowest BCUT2D eigenvalue weighted by atomic mass is 10.0. The molecule has 0 amide bonds. The van der Waals surface area contributed by atoms with Gasteiger partial charge in [-0.15, -0.1) is 0 Å². The zero-order valence-corrected chi connectivity index (χ0v) is 21.5. The van der Waals surface area contributed by atoms with E-state index in [-0.39, 0.29) is 0 Å². The van der Waals surface area contributed by atoms with Crippen LogP contribution in [0.4, 0.5) is 0 Å². The molecule has 2 aliphatic heterocycles. The van der Waals surface area contributed by atoms with Gasteiger partial charge in [0.05, 0.1) is 0 Å². The molecule has 0 bridgehead atoms. The fraction of sp³-hybridized carbons (Fsp3) is 0.0769. The molecule has 3 heteroatoms. The smallest absolute Gasteiger partial charge is 0.0587 e. The molecule has 2 aliphatic rings. The minimum atomic E-state index is -2.29. The summed E-state index contributed by atoms with van der Waals surface area (Å²) in [6.45, 7) is 4.47. The summed E-state index contributed by atoms with van der Waals surface area (Å²) in [4.78, 5) is 0. The summed E-state index contributed by atoms with van der Waals surface area (Å²) in [6, 6.07) is 28.4. The van der Waals surface area contributed by atoms with Crippen molar-refractivity contribution >= 4 is 74.0 Å². The summed E-state index contributed by atoms with van der Waals surface area (Å²) < 4.78 is 2.65. The van der Waals surface area contributed by atoms with Gasteiger partial charge < -0.3 is 0 Å². The average molecular weight is 612 g/mol. The Balaban J connectivity index is 1.88. The lowest BCUT2D eigenvalue weighted by Gasteiger charge is -2.28. The maximum atomic E-state index is 2.48. The minimum Gasteiger partial charge on any atom is -0.0587 e. The maximum Gasteiger partial charge on any atom is 0.182 e. The Bertz CT molecular complexity index is 1140. The van der Waals surface area contributed by atoms with Gasteiger partial charge in [-0.1, -0.05) is 59.7 Å². The van der Waals surface area contributed by atoms with E-state index in [1.807, 2.05) is 0 Å². The third-order valence-corrected chi connectivity index (χ3v) is 12.7. The number of fused-ring (bicyclic) bond motifs is 10. The molecule has 6 rings (SSSR count). The van der Waals surface area contributed by atoms with Crippen LogP contribution in [0.3, 0.4) is 0 Å². The minimum absolute atomic E-state index is 1.33. The normalized spacial score (nSPS) is 14.5. The second-order valence-corrected chi connectivity index (χ2v) is 14.4. The molecule has 2 heterocycles. The van der Waals surface area contributed by atoms with Crippen molar-refractivity contribution in [3.8, 4) is 22.3 Å². The molecular formula is C26H18I2Si. The molecule has 0 atom stereocenters. The highest BCUT2D eigenvalue weighted by Crippen LogP contribution is 2.37. The summed E-state index contributed by atoms with van der Waals surface area (Å²) in [6.07, 6.45) is 0. The van der Waals surface area contributed by atoms with Crippen LogP contribution in [-0.2, 0) is 0 Å². The number of hydrogen-bond donors (Lipinski definition) is 0. The Hall–Kier alpha value is -1.44. The van der Waals surface area contributed by atoms with Crippen LogP contribution in [0.5, 0.6) is 0 Å². The van der Waals surface area contributed by atoms with Crippen molar-refractivity contribution in [2.24, 2.45) is 0 Å². The van der Waals surface area contributed by atoms with E-state index in [2.05, 4.69) is 132 Å². The Morgan fingerprint density at radius 2 is 0.828 bits per heavy atom.